The number of pyridine rings is 1. The van der Waals surface area contributed by atoms with Crippen molar-refractivity contribution < 1.29 is 4.79 Å². The Morgan fingerprint density at radius 1 is 1.28 bits per heavy atom. The van der Waals surface area contributed by atoms with Crippen LogP contribution in [-0.2, 0) is 6.54 Å². The van der Waals surface area contributed by atoms with Crippen molar-refractivity contribution in [2.75, 3.05) is 26.0 Å². The van der Waals surface area contributed by atoms with Crippen molar-refractivity contribution in [3.8, 4) is 0 Å². The predicted molar refractivity (Wildman–Crippen MR) is 117 cm³/mol. The molecule has 4 heterocycles. The standard InChI is InChI=1S/C20H22BrN7O/c1-28(2)6-4-3-5-15(29)18-17(21)16-19(24-11-25-20(16)27-18)26-13-7-12-8-22-10-14(12)23-9-13/h7-9,11H,3-6,10H2,1-2H3,(H2,24,25,26,27). The number of hydrogen-bond donors (Lipinski definition) is 2. The summed E-state index contributed by atoms with van der Waals surface area (Å²) in [5.74, 6) is 0.677. The highest BCUT2D eigenvalue weighted by molar-refractivity contribution is 9.10. The number of nitrogens with one attached hydrogen (secondary N) is 2. The van der Waals surface area contributed by atoms with Gasteiger partial charge in [0.1, 0.15) is 17.8 Å². The number of carbonyl (C=O) groups excluding carboxylic acids is 1. The van der Waals surface area contributed by atoms with Crippen molar-refractivity contribution in [2.24, 2.45) is 4.99 Å². The third-order valence-electron chi connectivity index (χ3n) is 4.81. The lowest BCUT2D eigenvalue weighted by Gasteiger charge is -2.08. The number of aromatic amines is 1. The molecule has 8 nitrogen and oxygen atoms in total. The second kappa shape index (κ2) is 8.38. The Hall–Kier alpha value is -2.65. The lowest BCUT2D eigenvalue weighted by Crippen LogP contribution is -2.13. The lowest BCUT2D eigenvalue weighted by molar-refractivity contribution is 0.0973. The van der Waals surface area contributed by atoms with Crippen LogP contribution in [0.15, 0.2) is 28.1 Å². The van der Waals surface area contributed by atoms with E-state index in [9.17, 15) is 4.79 Å². The highest BCUT2D eigenvalue weighted by atomic mass is 79.9. The van der Waals surface area contributed by atoms with E-state index < -0.39 is 0 Å². The Morgan fingerprint density at radius 3 is 2.97 bits per heavy atom. The van der Waals surface area contributed by atoms with Gasteiger partial charge in [0.05, 0.1) is 39.7 Å². The number of H-pyrrole nitrogens is 1. The predicted octanol–water partition coefficient (Wildman–Crippen LogP) is 3.71. The smallest absolute Gasteiger partial charge is 0.180 e. The fourth-order valence-corrected chi connectivity index (χ4v) is 4.00. The number of hydrogen-bond acceptors (Lipinski definition) is 7. The van der Waals surface area contributed by atoms with Gasteiger partial charge >= 0.3 is 0 Å². The number of nitrogens with zero attached hydrogens (tertiary/aromatic N) is 5. The van der Waals surface area contributed by atoms with Crippen molar-refractivity contribution in [3.05, 3.63) is 40.0 Å². The Bertz CT molecular complexity index is 1090. The SMILES string of the molecule is CN(C)CCCCC(=O)c1[nH]c2ncnc(Nc3cnc4c(c3)C=NC4)c2c1Br. The van der Waals surface area contributed by atoms with Gasteiger partial charge in [0.2, 0.25) is 0 Å². The molecule has 0 aliphatic carbocycles. The first-order chi connectivity index (χ1) is 14.0. The summed E-state index contributed by atoms with van der Waals surface area (Å²) in [7, 11) is 4.07. The van der Waals surface area contributed by atoms with Gasteiger partial charge < -0.3 is 15.2 Å². The molecule has 0 bridgehead atoms. The molecule has 0 spiro atoms. The quantitative estimate of drug-likeness (QED) is 0.396. The van der Waals surface area contributed by atoms with Crippen LogP contribution in [0.25, 0.3) is 11.0 Å². The van der Waals surface area contributed by atoms with Crippen molar-refractivity contribution in [1.29, 1.82) is 0 Å². The monoisotopic (exact) mass is 455 g/mol. The fourth-order valence-electron chi connectivity index (χ4n) is 3.30. The average molecular weight is 456 g/mol. The number of rotatable bonds is 8. The van der Waals surface area contributed by atoms with Crippen molar-refractivity contribution in [3.63, 3.8) is 0 Å². The first-order valence-electron chi connectivity index (χ1n) is 9.49. The molecular formula is C20H22BrN7O. The number of unbranched alkanes of at least 4 members (excludes halogenated alkanes) is 1. The van der Waals surface area contributed by atoms with Gasteiger partial charge in [-0.2, -0.15) is 0 Å². The zero-order valence-corrected chi connectivity index (χ0v) is 18.0. The van der Waals surface area contributed by atoms with E-state index in [1.165, 1.54) is 6.33 Å². The molecular weight excluding hydrogens is 434 g/mol. The summed E-state index contributed by atoms with van der Waals surface area (Å²) in [5, 5.41) is 4.04. The van der Waals surface area contributed by atoms with Gasteiger partial charge in [0.25, 0.3) is 0 Å². The van der Waals surface area contributed by atoms with Crippen LogP contribution in [-0.4, -0.2) is 57.5 Å². The second-order valence-electron chi connectivity index (χ2n) is 7.30. The molecule has 0 aromatic carbocycles. The van der Waals surface area contributed by atoms with Crippen LogP contribution in [0.2, 0.25) is 0 Å². The van der Waals surface area contributed by atoms with Crippen LogP contribution in [0.4, 0.5) is 11.5 Å². The maximum Gasteiger partial charge on any atom is 0.180 e. The van der Waals surface area contributed by atoms with E-state index in [4.69, 9.17) is 0 Å². The summed E-state index contributed by atoms with van der Waals surface area (Å²) in [6, 6.07) is 1.99. The Kier molecular flexibility index (Phi) is 5.68. The van der Waals surface area contributed by atoms with E-state index in [1.807, 2.05) is 26.4 Å². The average Bonchev–Trinajstić information content (AvgIpc) is 3.29. The number of aromatic nitrogens is 4. The van der Waals surface area contributed by atoms with Crippen LogP contribution in [0.5, 0.6) is 0 Å². The fraction of sp³-hybridized carbons (Fsp3) is 0.350. The molecule has 0 saturated carbocycles. The summed E-state index contributed by atoms with van der Waals surface area (Å²) >= 11 is 3.58. The topological polar surface area (TPSA) is 99.2 Å². The molecule has 3 aromatic heterocycles. The molecule has 4 rings (SSSR count). The van der Waals surface area contributed by atoms with Crippen LogP contribution < -0.4 is 5.32 Å². The van der Waals surface area contributed by atoms with E-state index in [0.717, 1.165) is 41.7 Å². The highest BCUT2D eigenvalue weighted by Crippen LogP contribution is 2.33. The number of halogens is 1. The van der Waals surface area contributed by atoms with E-state index in [0.29, 0.717) is 34.6 Å². The molecule has 0 amide bonds. The maximum atomic E-state index is 12.7. The van der Waals surface area contributed by atoms with E-state index in [-0.39, 0.29) is 5.78 Å². The molecule has 0 atom stereocenters. The number of anilines is 2. The molecule has 0 radical (unpaired) electrons. The molecule has 1 aliphatic rings. The van der Waals surface area contributed by atoms with Gasteiger partial charge in [-0.15, -0.1) is 0 Å². The van der Waals surface area contributed by atoms with E-state index in [1.54, 1.807) is 6.20 Å². The molecule has 9 heteroatoms. The number of ketones is 1. The minimum Gasteiger partial charge on any atom is -0.338 e. The minimum absolute atomic E-state index is 0.0648. The van der Waals surface area contributed by atoms with Gasteiger partial charge in [0, 0.05) is 18.2 Å². The highest BCUT2D eigenvalue weighted by Gasteiger charge is 2.20. The van der Waals surface area contributed by atoms with Gasteiger partial charge in [-0.1, -0.05) is 0 Å². The van der Waals surface area contributed by atoms with Crippen LogP contribution >= 0.6 is 15.9 Å². The molecule has 2 N–H and O–H groups in total. The molecule has 1 aliphatic heterocycles. The summed E-state index contributed by atoms with van der Waals surface area (Å²) in [5.41, 5.74) is 3.92. The Balaban J connectivity index is 1.57. The van der Waals surface area contributed by atoms with Gasteiger partial charge in [-0.25, -0.2) is 9.97 Å². The lowest BCUT2D eigenvalue weighted by atomic mass is 10.1. The minimum atomic E-state index is 0.0648. The summed E-state index contributed by atoms with van der Waals surface area (Å²) in [6.07, 6.45) is 7.38. The van der Waals surface area contributed by atoms with Crippen LogP contribution in [0, 0.1) is 0 Å². The Labute approximate surface area is 177 Å². The normalized spacial score (nSPS) is 12.7. The molecule has 150 valence electrons. The first-order valence-corrected chi connectivity index (χ1v) is 10.3. The van der Waals surface area contributed by atoms with Crippen molar-refractivity contribution in [2.45, 2.75) is 25.8 Å². The molecule has 29 heavy (non-hydrogen) atoms. The summed E-state index contributed by atoms with van der Waals surface area (Å²) < 4.78 is 0.684. The molecule has 0 unspecified atom stereocenters. The number of aliphatic imine (C=N–C) groups is 1. The summed E-state index contributed by atoms with van der Waals surface area (Å²) in [6.45, 7) is 1.59. The molecule has 0 saturated heterocycles. The van der Waals surface area contributed by atoms with Crippen molar-refractivity contribution in [1.82, 2.24) is 24.8 Å². The maximum absolute atomic E-state index is 12.7. The zero-order chi connectivity index (χ0) is 20.4. The number of carbonyl (C=O) groups is 1. The summed E-state index contributed by atoms with van der Waals surface area (Å²) in [4.78, 5) is 35.3. The molecule has 0 fully saturated rings. The van der Waals surface area contributed by atoms with Crippen LogP contribution in [0.3, 0.4) is 0 Å². The van der Waals surface area contributed by atoms with Gasteiger partial charge in [-0.05, 0) is 55.5 Å². The zero-order valence-electron chi connectivity index (χ0n) is 16.4. The van der Waals surface area contributed by atoms with Crippen molar-refractivity contribution >= 4 is 50.5 Å². The van der Waals surface area contributed by atoms with Gasteiger partial charge in [-0.3, -0.25) is 14.8 Å². The van der Waals surface area contributed by atoms with Gasteiger partial charge in [0.15, 0.2) is 5.78 Å². The second-order valence-corrected chi connectivity index (χ2v) is 8.09. The third kappa shape index (κ3) is 4.20. The molecule has 3 aromatic rings. The number of fused-ring (bicyclic) bond motifs is 2. The largest absolute Gasteiger partial charge is 0.338 e. The first kappa shape index (κ1) is 19.7. The van der Waals surface area contributed by atoms with Crippen LogP contribution in [0.1, 0.15) is 41.0 Å². The Morgan fingerprint density at radius 2 is 2.14 bits per heavy atom. The number of Topliss-reactive ketones (excluding diaryl/α,β-unsaturated/α-hetero) is 1. The van der Waals surface area contributed by atoms with E-state index >= 15 is 0 Å². The van der Waals surface area contributed by atoms with E-state index in [2.05, 4.69) is 51.1 Å². The third-order valence-corrected chi connectivity index (χ3v) is 5.60.